The van der Waals surface area contributed by atoms with E-state index >= 15 is 4.39 Å². The van der Waals surface area contributed by atoms with Gasteiger partial charge in [-0.25, -0.2) is 14.4 Å². The number of rotatable bonds is 3. The van der Waals surface area contributed by atoms with Crippen molar-refractivity contribution in [2.75, 3.05) is 13.7 Å². The summed E-state index contributed by atoms with van der Waals surface area (Å²) in [6.07, 6.45) is 4.16. The predicted molar refractivity (Wildman–Crippen MR) is 154 cm³/mol. The first-order valence-corrected chi connectivity index (χ1v) is 15.1. The number of carbonyl (C=O) groups is 3. The van der Waals surface area contributed by atoms with Crippen molar-refractivity contribution in [3.8, 4) is 11.6 Å². The molecule has 0 N–H and O–H groups in total. The van der Waals surface area contributed by atoms with Crippen LogP contribution >= 0.6 is 0 Å². The lowest BCUT2D eigenvalue weighted by atomic mass is 9.77. The van der Waals surface area contributed by atoms with Crippen molar-refractivity contribution < 1.29 is 33.0 Å². The molecule has 9 nitrogen and oxygen atoms in total. The van der Waals surface area contributed by atoms with Gasteiger partial charge in [0.15, 0.2) is 11.8 Å². The van der Waals surface area contributed by atoms with Crippen molar-refractivity contribution in [1.82, 2.24) is 14.9 Å². The van der Waals surface area contributed by atoms with Gasteiger partial charge in [0.2, 0.25) is 11.8 Å². The van der Waals surface area contributed by atoms with Crippen molar-refractivity contribution in [2.24, 2.45) is 17.3 Å². The van der Waals surface area contributed by atoms with Crippen molar-refractivity contribution in [3.63, 3.8) is 0 Å². The number of hydrogen-bond donors (Lipinski definition) is 0. The number of halogens is 1. The van der Waals surface area contributed by atoms with Gasteiger partial charge in [-0.05, 0) is 55.6 Å². The van der Waals surface area contributed by atoms with Crippen LogP contribution in [0, 0.1) is 17.3 Å². The molecule has 1 amide bonds. The second kappa shape index (κ2) is 11.8. The molecule has 1 saturated heterocycles. The van der Waals surface area contributed by atoms with Crippen LogP contribution in [0.2, 0.25) is 0 Å². The van der Waals surface area contributed by atoms with Crippen LogP contribution < -0.4 is 9.47 Å². The third-order valence-corrected chi connectivity index (χ3v) is 9.18. The number of aldehydes is 1. The molecule has 0 unspecified atom stereocenters. The van der Waals surface area contributed by atoms with E-state index in [0.717, 1.165) is 32.1 Å². The number of fused-ring (bicyclic) bond motifs is 5. The number of aromatic nitrogens is 2. The Hall–Kier alpha value is -3.30. The Kier molecular flexibility index (Phi) is 8.45. The van der Waals surface area contributed by atoms with E-state index in [1.807, 2.05) is 32.9 Å². The number of esters is 1. The van der Waals surface area contributed by atoms with Crippen molar-refractivity contribution >= 4 is 29.2 Å². The van der Waals surface area contributed by atoms with E-state index in [0.29, 0.717) is 41.1 Å². The first kappa shape index (κ1) is 30.2. The third kappa shape index (κ3) is 5.95. The zero-order chi connectivity index (χ0) is 30.2. The quantitative estimate of drug-likeness (QED) is 0.367. The Morgan fingerprint density at radius 1 is 1.14 bits per heavy atom. The highest BCUT2D eigenvalue weighted by molar-refractivity contribution is 5.87. The molecular formula is C32H42FN3O6. The van der Waals surface area contributed by atoms with E-state index in [-0.39, 0.29) is 31.4 Å². The number of amides is 1. The van der Waals surface area contributed by atoms with Gasteiger partial charge >= 0.3 is 5.97 Å². The molecule has 1 aromatic carbocycles. The first-order chi connectivity index (χ1) is 20.0. The Balaban J connectivity index is 1.55. The number of hydrogen-bond acceptors (Lipinski definition) is 8. The van der Waals surface area contributed by atoms with Gasteiger partial charge in [0.05, 0.1) is 37.0 Å². The molecule has 1 saturated carbocycles. The van der Waals surface area contributed by atoms with Crippen LogP contribution in [0.1, 0.15) is 78.3 Å². The molecule has 2 fully saturated rings. The maximum atomic E-state index is 16.8. The molecule has 0 radical (unpaired) electrons. The third-order valence-electron chi connectivity index (χ3n) is 9.18. The Bertz CT molecular complexity index is 1350. The predicted octanol–water partition coefficient (Wildman–Crippen LogP) is 5.01. The van der Waals surface area contributed by atoms with Gasteiger partial charge in [-0.2, -0.15) is 0 Å². The smallest absolute Gasteiger partial charge is 0.306 e. The number of alkyl halides is 1. The lowest BCUT2D eigenvalue weighted by molar-refractivity contribution is -0.154. The zero-order valence-corrected chi connectivity index (χ0v) is 25.2. The summed E-state index contributed by atoms with van der Waals surface area (Å²) in [7, 11) is 1.57. The summed E-state index contributed by atoms with van der Waals surface area (Å²) < 4.78 is 34.3. The van der Waals surface area contributed by atoms with Crippen molar-refractivity contribution in [2.45, 2.75) is 103 Å². The van der Waals surface area contributed by atoms with E-state index in [1.54, 1.807) is 20.1 Å². The molecule has 0 spiro atoms. The second-order valence-electron chi connectivity index (χ2n) is 13.0. The minimum absolute atomic E-state index is 0.0552. The molecule has 5 rings (SSSR count). The van der Waals surface area contributed by atoms with Gasteiger partial charge < -0.3 is 23.9 Å². The molecular weight excluding hydrogens is 541 g/mol. The topological polar surface area (TPSA) is 108 Å². The molecule has 1 aliphatic carbocycles. The summed E-state index contributed by atoms with van der Waals surface area (Å²) in [5.74, 6) is -0.543. The Morgan fingerprint density at radius 3 is 2.62 bits per heavy atom. The van der Waals surface area contributed by atoms with Crippen LogP contribution in [0.4, 0.5) is 4.39 Å². The SMILES string of the molecule is CC[C@]1(F)[C@@H]2CN(C(=O)[C@H](C(C)(C)C)CC(=O)O[C@@H]3C[C@H]3CCCCCc3nc4ccc(OC)cc4nc3O2)[C@@H]1C=O. The van der Waals surface area contributed by atoms with Crippen LogP contribution in [-0.4, -0.2) is 70.6 Å². The summed E-state index contributed by atoms with van der Waals surface area (Å²) in [4.78, 5) is 50.2. The van der Waals surface area contributed by atoms with Crippen LogP contribution in [0.15, 0.2) is 18.2 Å². The fraction of sp³-hybridized carbons (Fsp3) is 0.656. The largest absolute Gasteiger partial charge is 0.497 e. The number of ether oxygens (including phenoxy) is 3. The summed E-state index contributed by atoms with van der Waals surface area (Å²) >= 11 is 0. The maximum absolute atomic E-state index is 16.8. The van der Waals surface area contributed by atoms with Crippen LogP contribution in [0.3, 0.4) is 0 Å². The molecule has 3 heterocycles. The number of methoxy groups -OCH3 is 1. The Morgan fingerprint density at radius 2 is 1.93 bits per heavy atom. The maximum Gasteiger partial charge on any atom is 0.306 e. The van der Waals surface area contributed by atoms with E-state index in [9.17, 15) is 14.4 Å². The van der Waals surface area contributed by atoms with Gasteiger partial charge in [0.25, 0.3) is 0 Å². The average Bonchev–Trinajstić information content (AvgIpc) is 3.62. The second-order valence-corrected chi connectivity index (χ2v) is 13.0. The van der Waals surface area contributed by atoms with Gasteiger partial charge in [0.1, 0.15) is 29.9 Å². The minimum Gasteiger partial charge on any atom is -0.497 e. The molecule has 3 aliphatic rings. The van der Waals surface area contributed by atoms with Crippen LogP contribution in [0.5, 0.6) is 11.6 Å². The zero-order valence-electron chi connectivity index (χ0n) is 25.2. The molecule has 10 heteroatoms. The summed E-state index contributed by atoms with van der Waals surface area (Å²) in [5, 5.41) is 0. The molecule has 6 atom stereocenters. The number of carbonyl (C=O) groups excluding carboxylic acids is 3. The van der Waals surface area contributed by atoms with Gasteiger partial charge in [0, 0.05) is 6.07 Å². The lowest BCUT2D eigenvalue weighted by Crippen LogP contribution is -2.51. The summed E-state index contributed by atoms with van der Waals surface area (Å²) in [5.41, 5.74) is -0.960. The normalized spacial score (nSPS) is 30.8. The van der Waals surface area contributed by atoms with E-state index in [4.69, 9.17) is 24.2 Å². The Labute approximate surface area is 246 Å². The van der Waals surface area contributed by atoms with E-state index < -0.39 is 41.0 Å². The fourth-order valence-corrected chi connectivity index (χ4v) is 6.34. The standard InChI is InChI=1S/C32H42FN3O6/c1-6-32(33)26(18-37)36-17-27(32)42-29-23(34-22-13-12-20(40-5)15-24(22)35-29)11-9-7-8-10-19-14-25(19)41-28(38)16-21(30(36)39)31(2,3)4/h12-13,15,18-19,21,25-27H,6-11,14,16-17H2,1-5H3/t19-,21-,25-,26-,27+,32-/m1/s1. The van der Waals surface area contributed by atoms with E-state index in [1.165, 1.54) is 4.90 Å². The molecule has 2 aliphatic heterocycles. The number of aryl methyl sites for hydroxylation is 1. The highest BCUT2D eigenvalue weighted by Crippen LogP contribution is 2.43. The fourth-order valence-electron chi connectivity index (χ4n) is 6.34. The molecule has 2 bridgehead atoms. The van der Waals surface area contributed by atoms with Crippen LogP contribution in [-0.2, 0) is 25.5 Å². The first-order valence-electron chi connectivity index (χ1n) is 15.1. The van der Waals surface area contributed by atoms with Gasteiger partial charge in [-0.15, -0.1) is 0 Å². The number of benzene rings is 1. The van der Waals surface area contributed by atoms with Gasteiger partial charge in [-0.1, -0.05) is 40.5 Å². The summed E-state index contributed by atoms with van der Waals surface area (Å²) in [6.45, 7) is 7.07. The average molecular weight is 584 g/mol. The molecule has 42 heavy (non-hydrogen) atoms. The molecule has 1 aromatic heterocycles. The van der Waals surface area contributed by atoms with Crippen LogP contribution in [0.25, 0.3) is 11.0 Å². The van der Waals surface area contributed by atoms with Gasteiger partial charge in [-0.3, -0.25) is 9.59 Å². The highest BCUT2D eigenvalue weighted by Gasteiger charge is 2.59. The van der Waals surface area contributed by atoms with Crippen molar-refractivity contribution in [3.05, 3.63) is 23.9 Å². The monoisotopic (exact) mass is 583 g/mol. The molecule has 2 aromatic rings. The van der Waals surface area contributed by atoms with Crippen molar-refractivity contribution in [1.29, 1.82) is 0 Å². The molecule has 228 valence electrons. The highest BCUT2D eigenvalue weighted by atomic mass is 19.1. The number of nitrogens with zero attached hydrogens (tertiary/aromatic N) is 3. The lowest BCUT2D eigenvalue weighted by Gasteiger charge is -2.34. The summed E-state index contributed by atoms with van der Waals surface area (Å²) in [6, 6.07) is 4.03. The minimum atomic E-state index is -2.16. The van der Waals surface area contributed by atoms with E-state index in [2.05, 4.69) is 0 Å².